The number of para-hydroxylation sites is 1. The minimum Gasteiger partial charge on any atom is -0.493 e. The van der Waals surface area contributed by atoms with Gasteiger partial charge in [-0.15, -0.1) is 0 Å². The first-order valence-electron chi connectivity index (χ1n) is 11.3. The van der Waals surface area contributed by atoms with Crippen LogP contribution < -0.4 is 4.74 Å². The highest BCUT2D eigenvalue weighted by Crippen LogP contribution is 2.36. The molecule has 0 unspecified atom stereocenters. The Bertz CT molecular complexity index is 1090. The molecule has 0 aliphatic carbocycles. The van der Waals surface area contributed by atoms with E-state index >= 15 is 0 Å². The van der Waals surface area contributed by atoms with Gasteiger partial charge in [-0.1, -0.05) is 84.0 Å². The molecule has 5 nitrogen and oxygen atoms in total. The maximum atomic E-state index is 11.9. The summed E-state index contributed by atoms with van der Waals surface area (Å²) in [5.41, 5.74) is 0.610. The van der Waals surface area contributed by atoms with Crippen LogP contribution in [-0.2, 0) is 12.1 Å². The smallest absolute Gasteiger partial charge is 0.191 e. The summed E-state index contributed by atoms with van der Waals surface area (Å²) in [7, 11) is 4.32. The molecule has 1 heterocycles. The minimum absolute atomic E-state index is 0.488. The molecule has 1 N–H and O–H groups in total. The molecule has 0 fully saturated rings. The average Bonchev–Trinajstić information content (AvgIpc) is 3.31. The summed E-state index contributed by atoms with van der Waals surface area (Å²) in [6, 6.07) is 30.9. The first kappa shape index (κ1) is 22.8. The van der Waals surface area contributed by atoms with Crippen molar-refractivity contribution in [1.29, 1.82) is 0 Å². The summed E-state index contributed by atoms with van der Waals surface area (Å²) in [6.45, 7) is 2.25. The van der Waals surface area contributed by atoms with Gasteiger partial charge in [0, 0.05) is 12.5 Å². The SMILES string of the molecule is C[N+](C)(CCCOc1ccccc1)Cc1cc(C(O)(c2ccccc2)c2ccccc2)no1. The van der Waals surface area contributed by atoms with Crippen molar-refractivity contribution in [3.8, 4) is 5.75 Å². The molecule has 4 rings (SSSR count). The summed E-state index contributed by atoms with van der Waals surface area (Å²) < 4.78 is 12.3. The molecule has 0 atom stereocenters. The van der Waals surface area contributed by atoms with E-state index in [2.05, 4.69) is 19.3 Å². The second kappa shape index (κ2) is 10.0. The maximum absolute atomic E-state index is 11.9. The van der Waals surface area contributed by atoms with Crippen molar-refractivity contribution in [1.82, 2.24) is 5.16 Å². The van der Waals surface area contributed by atoms with Crippen LogP contribution in [0.5, 0.6) is 5.75 Å². The van der Waals surface area contributed by atoms with Crippen LogP contribution in [0.2, 0.25) is 0 Å². The van der Waals surface area contributed by atoms with Crippen LogP contribution in [-0.4, -0.2) is 42.0 Å². The Morgan fingerprint density at radius 3 is 1.97 bits per heavy atom. The Hall–Kier alpha value is -3.41. The zero-order valence-electron chi connectivity index (χ0n) is 19.2. The van der Waals surface area contributed by atoms with E-state index in [1.807, 2.05) is 97.1 Å². The standard InChI is InChI=1S/C28H31N2O3/c1-30(2,19-12-20-32-25-17-10-5-11-18-25)22-26-21-27(29-33-26)28(31,23-13-6-3-7-14-23)24-15-8-4-9-16-24/h3-11,13-18,21,31H,12,19-20,22H2,1-2H3/q+1. The van der Waals surface area contributed by atoms with Gasteiger partial charge >= 0.3 is 0 Å². The average molecular weight is 444 g/mol. The number of benzene rings is 3. The zero-order valence-corrected chi connectivity index (χ0v) is 19.2. The highest BCUT2D eigenvalue weighted by molar-refractivity contribution is 5.44. The van der Waals surface area contributed by atoms with Crippen LogP contribution in [0.25, 0.3) is 0 Å². The van der Waals surface area contributed by atoms with Crippen LogP contribution in [0.1, 0.15) is 29.0 Å². The van der Waals surface area contributed by atoms with E-state index in [1.165, 1.54) is 0 Å². The first-order valence-corrected chi connectivity index (χ1v) is 11.3. The fourth-order valence-electron chi connectivity index (χ4n) is 4.08. The summed E-state index contributed by atoms with van der Waals surface area (Å²) in [6.07, 6.45) is 0.918. The lowest BCUT2D eigenvalue weighted by atomic mass is 9.83. The molecule has 0 aliphatic rings. The number of ether oxygens (including phenoxy) is 1. The molecule has 4 aromatic rings. The molecule has 3 aromatic carbocycles. The molecule has 0 aliphatic heterocycles. The number of aromatic nitrogens is 1. The van der Waals surface area contributed by atoms with E-state index in [1.54, 1.807) is 0 Å². The van der Waals surface area contributed by atoms with Crippen molar-refractivity contribution in [2.45, 2.75) is 18.6 Å². The molecule has 170 valence electrons. The van der Waals surface area contributed by atoms with E-state index in [0.717, 1.165) is 40.1 Å². The Morgan fingerprint density at radius 1 is 0.848 bits per heavy atom. The van der Waals surface area contributed by atoms with Crippen LogP contribution in [0.3, 0.4) is 0 Å². The van der Waals surface area contributed by atoms with Gasteiger partial charge in [0.2, 0.25) is 0 Å². The Kier molecular flexibility index (Phi) is 6.92. The van der Waals surface area contributed by atoms with E-state index in [0.29, 0.717) is 18.8 Å². The molecular formula is C28H31N2O3+. The molecule has 0 bridgehead atoms. The van der Waals surface area contributed by atoms with Crippen LogP contribution in [0, 0.1) is 0 Å². The summed E-state index contributed by atoms with van der Waals surface area (Å²) >= 11 is 0. The third-order valence-corrected chi connectivity index (χ3v) is 5.82. The fourth-order valence-corrected chi connectivity index (χ4v) is 4.08. The first-order chi connectivity index (χ1) is 16.0. The third-order valence-electron chi connectivity index (χ3n) is 5.82. The van der Waals surface area contributed by atoms with Crippen molar-refractivity contribution in [2.75, 3.05) is 27.2 Å². The van der Waals surface area contributed by atoms with Crippen LogP contribution in [0.4, 0.5) is 0 Å². The highest BCUT2D eigenvalue weighted by atomic mass is 16.5. The number of rotatable bonds is 10. The Balaban J connectivity index is 1.46. The lowest BCUT2D eigenvalue weighted by Gasteiger charge is -2.28. The van der Waals surface area contributed by atoms with Gasteiger partial charge in [-0.3, -0.25) is 0 Å². The number of hydrogen-bond donors (Lipinski definition) is 1. The molecule has 1 aromatic heterocycles. The second-order valence-electron chi connectivity index (χ2n) is 8.95. The van der Waals surface area contributed by atoms with E-state index in [-0.39, 0.29) is 0 Å². The van der Waals surface area contributed by atoms with Crippen LogP contribution >= 0.6 is 0 Å². The van der Waals surface area contributed by atoms with Gasteiger partial charge in [0.1, 0.15) is 18.0 Å². The van der Waals surface area contributed by atoms with E-state index in [9.17, 15) is 5.11 Å². The Labute approximate surface area is 195 Å². The number of aliphatic hydroxyl groups is 1. The quantitative estimate of drug-likeness (QED) is 0.277. The summed E-state index contributed by atoms with van der Waals surface area (Å²) in [4.78, 5) is 0. The number of hydrogen-bond acceptors (Lipinski definition) is 4. The highest BCUT2D eigenvalue weighted by Gasteiger charge is 2.37. The van der Waals surface area contributed by atoms with Gasteiger partial charge < -0.3 is 18.8 Å². The predicted molar refractivity (Wildman–Crippen MR) is 129 cm³/mol. The van der Waals surface area contributed by atoms with Gasteiger partial charge in [0.05, 0.1) is 27.2 Å². The van der Waals surface area contributed by atoms with E-state index in [4.69, 9.17) is 9.26 Å². The van der Waals surface area contributed by atoms with Gasteiger partial charge in [0.15, 0.2) is 11.4 Å². The molecule has 0 saturated heterocycles. The predicted octanol–water partition coefficient (Wildman–Crippen LogP) is 5.00. The zero-order chi connectivity index (χ0) is 23.2. The molecular weight excluding hydrogens is 412 g/mol. The largest absolute Gasteiger partial charge is 0.493 e. The summed E-state index contributed by atoms with van der Waals surface area (Å²) in [5.74, 6) is 1.63. The van der Waals surface area contributed by atoms with E-state index < -0.39 is 5.60 Å². The molecule has 0 amide bonds. The minimum atomic E-state index is -1.38. The Morgan fingerprint density at radius 2 is 1.39 bits per heavy atom. The second-order valence-corrected chi connectivity index (χ2v) is 8.95. The van der Waals surface area contributed by atoms with Crippen molar-refractivity contribution in [2.24, 2.45) is 0 Å². The monoisotopic (exact) mass is 443 g/mol. The number of nitrogens with zero attached hydrogens (tertiary/aromatic N) is 2. The van der Waals surface area contributed by atoms with Gasteiger partial charge in [-0.2, -0.15) is 0 Å². The maximum Gasteiger partial charge on any atom is 0.191 e. The molecule has 0 spiro atoms. The normalized spacial score (nSPS) is 12.0. The molecule has 5 heteroatoms. The molecule has 0 saturated carbocycles. The lowest BCUT2D eigenvalue weighted by Crippen LogP contribution is -2.40. The summed E-state index contributed by atoms with van der Waals surface area (Å²) in [5, 5.41) is 16.2. The van der Waals surface area contributed by atoms with Gasteiger partial charge in [0.25, 0.3) is 0 Å². The van der Waals surface area contributed by atoms with Gasteiger partial charge in [-0.25, -0.2) is 0 Å². The topological polar surface area (TPSA) is 55.5 Å². The third kappa shape index (κ3) is 5.51. The van der Waals surface area contributed by atoms with Crippen molar-refractivity contribution in [3.63, 3.8) is 0 Å². The van der Waals surface area contributed by atoms with Crippen molar-refractivity contribution < 1.29 is 18.8 Å². The molecule has 33 heavy (non-hydrogen) atoms. The van der Waals surface area contributed by atoms with Crippen LogP contribution in [0.15, 0.2) is 102 Å². The van der Waals surface area contributed by atoms with Crippen molar-refractivity contribution in [3.05, 3.63) is 120 Å². The fraction of sp³-hybridized carbons (Fsp3) is 0.250. The molecule has 0 radical (unpaired) electrons. The number of quaternary nitrogens is 1. The lowest BCUT2D eigenvalue weighted by molar-refractivity contribution is -0.904. The van der Waals surface area contributed by atoms with Gasteiger partial charge in [-0.05, 0) is 23.3 Å². The van der Waals surface area contributed by atoms with Crippen molar-refractivity contribution >= 4 is 0 Å².